The number of hydrogen-bond acceptors (Lipinski definition) is 1. The molecule has 0 radical (unpaired) electrons. The largest absolute Gasteiger partial charge is 0.303 e. The number of rotatable bonds is 4. The molecular weight excluding hydrogens is 194 g/mol. The summed E-state index contributed by atoms with van der Waals surface area (Å²) in [7, 11) is 0. The van der Waals surface area contributed by atoms with Crippen LogP contribution in [0.5, 0.6) is 0 Å². The number of piperidine rings is 1. The average Bonchev–Trinajstić information content (AvgIpc) is 2.13. The van der Waals surface area contributed by atoms with Gasteiger partial charge in [-0.1, -0.05) is 34.6 Å². The van der Waals surface area contributed by atoms with Crippen LogP contribution in [0.4, 0.5) is 0 Å². The first-order valence-electron chi connectivity index (χ1n) is 7.09. The highest BCUT2D eigenvalue weighted by Crippen LogP contribution is 2.25. The molecule has 0 spiro atoms. The molecule has 0 bridgehead atoms. The summed E-state index contributed by atoms with van der Waals surface area (Å²) >= 11 is 0. The van der Waals surface area contributed by atoms with Crippen molar-refractivity contribution >= 4 is 0 Å². The lowest BCUT2D eigenvalue weighted by molar-refractivity contribution is 0.143. The summed E-state index contributed by atoms with van der Waals surface area (Å²) in [5.74, 6) is 1.83. The lowest BCUT2D eigenvalue weighted by Gasteiger charge is -2.35. The normalized spacial score (nSPS) is 24.0. The molecule has 0 aromatic heterocycles. The molecule has 1 fully saturated rings. The summed E-state index contributed by atoms with van der Waals surface area (Å²) in [6.45, 7) is 15.8. The molecule has 1 atom stereocenters. The Morgan fingerprint density at radius 1 is 1.25 bits per heavy atom. The summed E-state index contributed by atoms with van der Waals surface area (Å²) in [6.07, 6.45) is 5.64. The van der Waals surface area contributed by atoms with Crippen LogP contribution in [-0.2, 0) is 0 Å². The van der Waals surface area contributed by atoms with Crippen molar-refractivity contribution in [2.24, 2.45) is 17.3 Å². The van der Waals surface area contributed by atoms with Crippen molar-refractivity contribution < 1.29 is 0 Å². The second-order valence-corrected chi connectivity index (χ2v) is 7.25. The van der Waals surface area contributed by atoms with Crippen LogP contribution in [-0.4, -0.2) is 24.5 Å². The van der Waals surface area contributed by atoms with Crippen LogP contribution in [0.15, 0.2) is 0 Å². The molecule has 1 heteroatoms. The predicted molar refractivity (Wildman–Crippen MR) is 72.7 cm³/mol. The molecule has 1 aliphatic heterocycles. The second kappa shape index (κ2) is 6.05. The Bertz CT molecular complexity index is 190. The van der Waals surface area contributed by atoms with Gasteiger partial charge in [-0.25, -0.2) is 0 Å². The third-order valence-electron chi connectivity index (χ3n) is 3.59. The summed E-state index contributed by atoms with van der Waals surface area (Å²) in [4.78, 5) is 2.70. The van der Waals surface area contributed by atoms with E-state index in [-0.39, 0.29) is 0 Å². The zero-order chi connectivity index (χ0) is 12.2. The molecule has 16 heavy (non-hydrogen) atoms. The molecule has 1 nitrogen and oxygen atoms in total. The van der Waals surface area contributed by atoms with E-state index < -0.39 is 0 Å². The summed E-state index contributed by atoms with van der Waals surface area (Å²) in [5, 5.41) is 0. The van der Waals surface area contributed by atoms with E-state index in [0.29, 0.717) is 5.41 Å². The Labute approximate surface area is 103 Å². The summed E-state index contributed by atoms with van der Waals surface area (Å²) in [5.41, 5.74) is 0.491. The van der Waals surface area contributed by atoms with E-state index in [1.54, 1.807) is 0 Å². The van der Waals surface area contributed by atoms with Gasteiger partial charge in [0.15, 0.2) is 0 Å². The van der Waals surface area contributed by atoms with Gasteiger partial charge in [-0.3, -0.25) is 0 Å². The van der Waals surface area contributed by atoms with Crippen molar-refractivity contribution in [1.29, 1.82) is 0 Å². The first-order chi connectivity index (χ1) is 7.37. The minimum Gasteiger partial charge on any atom is -0.303 e. The van der Waals surface area contributed by atoms with Gasteiger partial charge in [0.25, 0.3) is 0 Å². The molecular formula is C15H31N. The molecule has 1 unspecified atom stereocenters. The average molecular weight is 225 g/mol. The fourth-order valence-electron chi connectivity index (χ4n) is 2.71. The first-order valence-corrected chi connectivity index (χ1v) is 7.09. The van der Waals surface area contributed by atoms with Crippen molar-refractivity contribution in [1.82, 2.24) is 4.90 Å². The lowest BCUT2D eigenvalue weighted by Crippen LogP contribution is -2.37. The molecule has 0 aromatic carbocycles. The lowest BCUT2D eigenvalue weighted by atomic mass is 9.88. The third-order valence-corrected chi connectivity index (χ3v) is 3.59. The molecule has 0 aromatic rings. The van der Waals surface area contributed by atoms with Gasteiger partial charge < -0.3 is 4.90 Å². The zero-order valence-corrected chi connectivity index (χ0v) is 12.1. The number of hydrogen-bond donors (Lipinski definition) is 0. The van der Waals surface area contributed by atoms with Crippen LogP contribution >= 0.6 is 0 Å². The molecule has 96 valence electrons. The maximum Gasteiger partial charge on any atom is 0.000977 e. The van der Waals surface area contributed by atoms with Gasteiger partial charge in [0.2, 0.25) is 0 Å². The Balaban J connectivity index is 2.27. The van der Waals surface area contributed by atoms with Gasteiger partial charge in [-0.15, -0.1) is 0 Å². The Morgan fingerprint density at radius 3 is 2.50 bits per heavy atom. The summed E-state index contributed by atoms with van der Waals surface area (Å²) in [6, 6.07) is 0. The minimum atomic E-state index is 0.491. The maximum atomic E-state index is 2.70. The van der Waals surface area contributed by atoms with Gasteiger partial charge in [0, 0.05) is 6.54 Å². The van der Waals surface area contributed by atoms with Crippen LogP contribution < -0.4 is 0 Å². The van der Waals surface area contributed by atoms with Gasteiger partial charge in [0.05, 0.1) is 0 Å². The van der Waals surface area contributed by atoms with E-state index in [9.17, 15) is 0 Å². The molecule has 1 heterocycles. The number of nitrogens with zero attached hydrogens (tertiary/aromatic N) is 1. The molecule has 0 saturated carbocycles. The molecule has 1 saturated heterocycles. The highest BCUT2D eigenvalue weighted by Gasteiger charge is 2.21. The fourth-order valence-corrected chi connectivity index (χ4v) is 2.71. The van der Waals surface area contributed by atoms with Crippen LogP contribution in [0.25, 0.3) is 0 Å². The quantitative estimate of drug-likeness (QED) is 0.694. The van der Waals surface area contributed by atoms with E-state index >= 15 is 0 Å². The van der Waals surface area contributed by atoms with Crippen LogP contribution in [0.2, 0.25) is 0 Å². The van der Waals surface area contributed by atoms with Crippen LogP contribution in [0, 0.1) is 17.3 Å². The van der Waals surface area contributed by atoms with Crippen LogP contribution in [0.3, 0.4) is 0 Å². The Hall–Kier alpha value is -0.0400. The van der Waals surface area contributed by atoms with E-state index in [0.717, 1.165) is 11.8 Å². The van der Waals surface area contributed by atoms with Crippen LogP contribution in [0.1, 0.15) is 60.3 Å². The van der Waals surface area contributed by atoms with E-state index in [1.807, 2.05) is 0 Å². The highest BCUT2D eigenvalue weighted by atomic mass is 15.1. The SMILES string of the molecule is CC(C)CC1CCCN(CCC(C)(C)C)C1. The molecule has 0 N–H and O–H groups in total. The van der Waals surface area contributed by atoms with Crippen molar-refractivity contribution in [3.8, 4) is 0 Å². The van der Waals surface area contributed by atoms with Gasteiger partial charge in [-0.2, -0.15) is 0 Å². The standard InChI is InChI=1S/C15H31N/c1-13(2)11-14-7-6-9-16(12-14)10-8-15(3,4)5/h13-14H,6-12H2,1-5H3. The molecule has 1 rings (SSSR count). The first kappa shape index (κ1) is 14.0. The van der Waals surface area contributed by atoms with E-state index in [4.69, 9.17) is 0 Å². The smallest absolute Gasteiger partial charge is 0.000977 e. The van der Waals surface area contributed by atoms with E-state index in [2.05, 4.69) is 39.5 Å². The highest BCUT2D eigenvalue weighted by molar-refractivity contribution is 4.75. The topological polar surface area (TPSA) is 3.24 Å². The molecule has 0 amide bonds. The van der Waals surface area contributed by atoms with Crippen molar-refractivity contribution in [2.45, 2.75) is 60.3 Å². The third kappa shape index (κ3) is 5.89. The summed E-state index contributed by atoms with van der Waals surface area (Å²) < 4.78 is 0. The van der Waals surface area contributed by atoms with Gasteiger partial charge in [-0.05, 0) is 56.0 Å². The number of likely N-dealkylation sites (tertiary alicyclic amines) is 1. The Morgan fingerprint density at radius 2 is 1.94 bits per heavy atom. The van der Waals surface area contributed by atoms with Crippen molar-refractivity contribution in [3.05, 3.63) is 0 Å². The van der Waals surface area contributed by atoms with Gasteiger partial charge >= 0.3 is 0 Å². The predicted octanol–water partition coefficient (Wildman–Crippen LogP) is 4.18. The zero-order valence-electron chi connectivity index (χ0n) is 12.1. The minimum absolute atomic E-state index is 0.491. The Kier molecular flexibility index (Phi) is 5.30. The van der Waals surface area contributed by atoms with Crippen molar-refractivity contribution in [3.63, 3.8) is 0 Å². The molecule has 0 aliphatic carbocycles. The van der Waals surface area contributed by atoms with Crippen molar-refractivity contribution in [2.75, 3.05) is 19.6 Å². The monoisotopic (exact) mass is 225 g/mol. The van der Waals surface area contributed by atoms with E-state index in [1.165, 1.54) is 45.3 Å². The van der Waals surface area contributed by atoms with Gasteiger partial charge in [0.1, 0.15) is 0 Å². The second-order valence-electron chi connectivity index (χ2n) is 7.25. The molecule has 1 aliphatic rings. The fraction of sp³-hybridized carbons (Fsp3) is 1.00. The maximum absolute atomic E-state index is 2.70.